The van der Waals surface area contributed by atoms with E-state index in [4.69, 9.17) is 39.5 Å². The van der Waals surface area contributed by atoms with Gasteiger partial charge in [0.15, 0.2) is 0 Å². The molecule has 0 unspecified atom stereocenters. The van der Waals surface area contributed by atoms with Crippen LogP contribution >= 0.6 is 34.8 Å². The summed E-state index contributed by atoms with van der Waals surface area (Å²) in [5.74, 6) is 0.388. The van der Waals surface area contributed by atoms with Gasteiger partial charge in [0.05, 0.1) is 20.8 Å². The first-order valence-corrected chi connectivity index (χ1v) is 7.73. The Bertz CT molecular complexity index is 507. The second kappa shape index (κ2) is 6.88. The quantitative estimate of drug-likeness (QED) is 0.696. The number of benzene rings is 1. The Morgan fingerprint density at radius 3 is 2.50 bits per heavy atom. The molecular weight excluding hydrogens is 321 g/mol. The highest BCUT2D eigenvalue weighted by atomic mass is 35.5. The molecule has 1 aliphatic rings. The zero-order valence-electron chi connectivity index (χ0n) is 11.1. The number of rotatable bonds is 2. The summed E-state index contributed by atoms with van der Waals surface area (Å²) < 4.78 is 5.45. The number of carbonyl (C=O) groups excluding carboxylic acids is 1. The van der Waals surface area contributed by atoms with Gasteiger partial charge in [0.25, 0.3) is 0 Å². The van der Waals surface area contributed by atoms with Crippen molar-refractivity contribution in [1.82, 2.24) is 0 Å². The van der Waals surface area contributed by atoms with E-state index < -0.39 is 6.09 Å². The molecule has 3 nitrogen and oxygen atoms in total. The fraction of sp³-hybridized carbons (Fsp3) is 0.500. The predicted molar refractivity (Wildman–Crippen MR) is 83.0 cm³/mol. The Hall–Kier alpha value is -0.640. The van der Waals surface area contributed by atoms with E-state index in [0.29, 0.717) is 26.7 Å². The highest BCUT2D eigenvalue weighted by Crippen LogP contribution is 2.33. The summed E-state index contributed by atoms with van der Waals surface area (Å²) in [5, 5.41) is 3.61. The van der Waals surface area contributed by atoms with E-state index in [1.807, 2.05) is 0 Å². The van der Waals surface area contributed by atoms with Gasteiger partial charge in [-0.3, -0.25) is 5.32 Å². The zero-order valence-corrected chi connectivity index (χ0v) is 13.4. The molecule has 0 saturated heterocycles. The summed E-state index contributed by atoms with van der Waals surface area (Å²) in [7, 11) is 0. The van der Waals surface area contributed by atoms with E-state index in [2.05, 4.69) is 12.2 Å². The van der Waals surface area contributed by atoms with Gasteiger partial charge in [0.2, 0.25) is 0 Å². The maximum Gasteiger partial charge on any atom is 0.411 e. The van der Waals surface area contributed by atoms with Crippen LogP contribution in [0.15, 0.2) is 12.1 Å². The van der Waals surface area contributed by atoms with Crippen LogP contribution in [-0.2, 0) is 4.74 Å². The van der Waals surface area contributed by atoms with Crippen molar-refractivity contribution in [1.29, 1.82) is 0 Å². The Morgan fingerprint density at radius 2 is 1.80 bits per heavy atom. The molecule has 2 atom stereocenters. The lowest BCUT2D eigenvalue weighted by atomic mass is 9.88. The van der Waals surface area contributed by atoms with E-state index in [0.717, 1.165) is 19.3 Å². The average Bonchev–Trinajstić information content (AvgIpc) is 2.39. The number of amides is 1. The summed E-state index contributed by atoms with van der Waals surface area (Å²) >= 11 is 17.7. The molecule has 110 valence electrons. The predicted octanol–water partition coefficient (Wildman–Crippen LogP) is 5.77. The highest BCUT2D eigenvalue weighted by Gasteiger charge is 2.25. The summed E-state index contributed by atoms with van der Waals surface area (Å²) in [4.78, 5) is 11.9. The lowest BCUT2D eigenvalue weighted by molar-refractivity contribution is 0.0524. The van der Waals surface area contributed by atoms with Gasteiger partial charge >= 0.3 is 6.09 Å². The largest absolute Gasteiger partial charge is 0.446 e. The van der Waals surface area contributed by atoms with Crippen LogP contribution in [0.1, 0.15) is 32.6 Å². The molecule has 1 aromatic rings. The maximum atomic E-state index is 11.9. The van der Waals surface area contributed by atoms with Crippen molar-refractivity contribution in [3.8, 4) is 0 Å². The lowest BCUT2D eigenvalue weighted by Gasteiger charge is -2.28. The second-order valence-corrected chi connectivity index (χ2v) is 6.30. The maximum absolute atomic E-state index is 11.9. The molecule has 1 saturated carbocycles. The topological polar surface area (TPSA) is 38.3 Å². The first-order valence-electron chi connectivity index (χ1n) is 6.59. The normalized spacial score (nSPS) is 22.4. The van der Waals surface area contributed by atoms with Crippen molar-refractivity contribution in [3.63, 3.8) is 0 Å². The van der Waals surface area contributed by atoms with Crippen LogP contribution < -0.4 is 5.32 Å². The van der Waals surface area contributed by atoms with E-state index in [1.54, 1.807) is 0 Å². The molecule has 6 heteroatoms. The summed E-state index contributed by atoms with van der Waals surface area (Å²) in [6.45, 7) is 2.10. The van der Waals surface area contributed by atoms with Gasteiger partial charge in [-0.05, 0) is 37.3 Å². The van der Waals surface area contributed by atoms with Crippen LogP contribution in [0.5, 0.6) is 0 Å². The van der Waals surface area contributed by atoms with Crippen molar-refractivity contribution in [3.05, 3.63) is 27.2 Å². The average molecular weight is 337 g/mol. The molecule has 0 heterocycles. The first kappa shape index (κ1) is 15.7. The minimum Gasteiger partial charge on any atom is -0.446 e. The molecule has 1 fully saturated rings. The van der Waals surface area contributed by atoms with Crippen LogP contribution in [0, 0.1) is 5.92 Å². The number of carbonyl (C=O) groups is 1. The second-order valence-electron chi connectivity index (χ2n) is 5.08. The SMILES string of the molecule is C[C@H]1CCCC[C@H]1OC(=O)Nc1cc(Cl)c(Cl)cc1Cl. The Kier molecular flexibility index (Phi) is 5.42. The van der Waals surface area contributed by atoms with Gasteiger partial charge in [0.1, 0.15) is 6.10 Å². The molecule has 0 aromatic heterocycles. The molecule has 0 spiro atoms. The number of anilines is 1. The third kappa shape index (κ3) is 3.94. The summed E-state index contributed by atoms with van der Waals surface area (Å²) in [5.41, 5.74) is 0.398. The third-order valence-corrected chi connectivity index (χ3v) is 4.57. The summed E-state index contributed by atoms with van der Waals surface area (Å²) in [6.07, 6.45) is 3.74. The Labute approximate surface area is 133 Å². The van der Waals surface area contributed by atoms with E-state index >= 15 is 0 Å². The highest BCUT2D eigenvalue weighted by molar-refractivity contribution is 6.44. The van der Waals surface area contributed by atoms with Crippen molar-refractivity contribution in [2.45, 2.75) is 38.7 Å². The van der Waals surface area contributed by atoms with Crippen molar-refractivity contribution in [2.75, 3.05) is 5.32 Å². The molecule has 0 aliphatic heterocycles. The molecule has 1 amide bonds. The zero-order chi connectivity index (χ0) is 14.7. The molecule has 0 radical (unpaired) electrons. The van der Waals surface area contributed by atoms with Crippen LogP contribution in [0.4, 0.5) is 10.5 Å². The van der Waals surface area contributed by atoms with Crippen molar-refractivity contribution < 1.29 is 9.53 Å². The minimum absolute atomic E-state index is 0.0368. The van der Waals surface area contributed by atoms with Crippen LogP contribution in [-0.4, -0.2) is 12.2 Å². The van der Waals surface area contributed by atoms with Crippen LogP contribution in [0.3, 0.4) is 0 Å². The van der Waals surface area contributed by atoms with Gasteiger partial charge in [-0.25, -0.2) is 4.79 Å². The monoisotopic (exact) mass is 335 g/mol. The fourth-order valence-electron chi connectivity index (χ4n) is 2.35. The van der Waals surface area contributed by atoms with Crippen LogP contribution in [0.2, 0.25) is 15.1 Å². The van der Waals surface area contributed by atoms with Gasteiger partial charge in [-0.15, -0.1) is 0 Å². The first-order chi connectivity index (χ1) is 9.47. The van der Waals surface area contributed by atoms with E-state index in [9.17, 15) is 4.79 Å². The van der Waals surface area contributed by atoms with Crippen molar-refractivity contribution >= 4 is 46.6 Å². The number of ether oxygens (including phenoxy) is 1. The lowest BCUT2D eigenvalue weighted by Crippen LogP contribution is -2.30. The summed E-state index contributed by atoms with van der Waals surface area (Å²) in [6, 6.07) is 3.00. The fourth-order valence-corrected chi connectivity index (χ4v) is 2.95. The van der Waals surface area contributed by atoms with Gasteiger partial charge in [0, 0.05) is 0 Å². The van der Waals surface area contributed by atoms with Crippen LogP contribution in [0.25, 0.3) is 0 Å². The third-order valence-electron chi connectivity index (χ3n) is 3.54. The molecule has 20 heavy (non-hydrogen) atoms. The smallest absolute Gasteiger partial charge is 0.411 e. The standard InChI is InChI=1S/C14H16Cl3NO2/c1-8-4-2-3-5-13(8)20-14(19)18-12-7-10(16)9(15)6-11(12)17/h6-8,13H,2-5H2,1H3,(H,18,19)/t8-,13+/m0/s1. The minimum atomic E-state index is -0.510. The van der Waals surface area contributed by atoms with Crippen molar-refractivity contribution in [2.24, 2.45) is 5.92 Å². The molecular formula is C14H16Cl3NO2. The number of hydrogen-bond acceptors (Lipinski definition) is 2. The van der Waals surface area contributed by atoms with E-state index in [-0.39, 0.29) is 6.10 Å². The van der Waals surface area contributed by atoms with Gasteiger partial charge in [-0.1, -0.05) is 48.1 Å². The number of nitrogens with one attached hydrogen (secondary N) is 1. The Morgan fingerprint density at radius 1 is 1.15 bits per heavy atom. The van der Waals surface area contributed by atoms with E-state index in [1.165, 1.54) is 18.6 Å². The van der Waals surface area contributed by atoms with Gasteiger partial charge in [-0.2, -0.15) is 0 Å². The molecule has 1 N–H and O–H groups in total. The number of halogens is 3. The molecule has 1 aromatic carbocycles. The van der Waals surface area contributed by atoms with Gasteiger partial charge < -0.3 is 4.74 Å². The number of hydrogen-bond donors (Lipinski definition) is 1. The Balaban J connectivity index is 1.99. The molecule has 1 aliphatic carbocycles. The molecule has 0 bridgehead atoms. The molecule has 2 rings (SSSR count).